The van der Waals surface area contributed by atoms with Gasteiger partial charge < -0.3 is 16.0 Å². The van der Waals surface area contributed by atoms with Crippen molar-refractivity contribution in [2.75, 3.05) is 26.2 Å². The van der Waals surface area contributed by atoms with Crippen molar-refractivity contribution in [2.45, 2.75) is 19.3 Å². The molecule has 5 nitrogen and oxygen atoms in total. The Labute approximate surface area is 151 Å². The van der Waals surface area contributed by atoms with Gasteiger partial charge in [0, 0.05) is 29.0 Å². The minimum absolute atomic E-state index is 0. The van der Waals surface area contributed by atoms with Gasteiger partial charge in [-0.3, -0.25) is 9.59 Å². The van der Waals surface area contributed by atoms with Crippen molar-refractivity contribution in [1.82, 2.24) is 16.0 Å². The Bertz CT molecular complexity index is 522. The van der Waals surface area contributed by atoms with Gasteiger partial charge in [-0.25, -0.2) is 0 Å². The SMILES string of the molecule is Cl.O=C(NCCCNC(=O)C1CCNCC1)c1cccc(Br)c1. The first-order chi connectivity index (χ1) is 10.7. The van der Waals surface area contributed by atoms with Gasteiger partial charge in [-0.1, -0.05) is 22.0 Å². The van der Waals surface area contributed by atoms with Crippen LogP contribution in [-0.4, -0.2) is 38.0 Å². The maximum absolute atomic E-state index is 11.9. The maximum atomic E-state index is 11.9. The van der Waals surface area contributed by atoms with Crippen molar-refractivity contribution in [3.05, 3.63) is 34.3 Å². The van der Waals surface area contributed by atoms with Gasteiger partial charge in [-0.05, 0) is 50.6 Å². The third-order valence-electron chi connectivity index (χ3n) is 3.74. The van der Waals surface area contributed by atoms with E-state index in [1.165, 1.54) is 0 Å². The van der Waals surface area contributed by atoms with Crippen LogP contribution >= 0.6 is 28.3 Å². The summed E-state index contributed by atoms with van der Waals surface area (Å²) in [7, 11) is 0. The fourth-order valence-electron chi connectivity index (χ4n) is 2.46. The van der Waals surface area contributed by atoms with Crippen molar-refractivity contribution in [3.63, 3.8) is 0 Å². The minimum Gasteiger partial charge on any atom is -0.356 e. The molecule has 0 spiro atoms. The molecule has 128 valence electrons. The summed E-state index contributed by atoms with van der Waals surface area (Å²) in [6.07, 6.45) is 2.55. The Kier molecular flexibility index (Phi) is 9.21. The molecule has 1 fully saturated rings. The summed E-state index contributed by atoms with van der Waals surface area (Å²) < 4.78 is 0.884. The van der Waals surface area contributed by atoms with Gasteiger partial charge in [0.05, 0.1) is 0 Å². The topological polar surface area (TPSA) is 70.2 Å². The molecule has 1 aromatic rings. The van der Waals surface area contributed by atoms with Crippen LogP contribution in [0.1, 0.15) is 29.6 Å². The van der Waals surface area contributed by atoms with Crippen molar-refractivity contribution in [3.8, 4) is 0 Å². The zero-order valence-corrected chi connectivity index (χ0v) is 15.3. The number of rotatable bonds is 6. The molecule has 1 aliphatic heterocycles. The molecule has 0 bridgehead atoms. The maximum Gasteiger partial charge on any atom is 0.251 e. The van der Waals surface area contributed by atoms with E-state index in [-0.39, 0.29) is 30.1 Å². The zero-order chi connectivity index (χ0) is 15.8. The number of nitrogens with one attached hydrogen (secondary N) is 3. The summed E-state index contributed by atoms with van der Waals surface area (Å²) in [6.45, 7) is 2.99. The first-order valence-corrected chi connectivity index (χ1v) is 8.48. The summed E-state index contributed by atoms with van der Waals surface area (Å²) in [5.41, 5.74) is 0.633. The van der Waals surface area contributed by atoms with Crippen LogP contribution in [0.2, 0.25) is 0 Å². The van der Waals surface area contributed by atoms with Gasteiger partial charge >= 0.3 is 0 Å². The minimum atomic E-state index is -0.0917. The monoisotopic (exact) mass is 403 g/mol. The Morgan fingerprint density at radius 3 is 2.57 bits per heavy atom. The molecular weight excluding hydrogens is 382 g/mol. The highest BCUT2D eigenvalue weighted by Crippen LogP contribution is 2.12. The van der Waals surface area contributed by atoms with Crippen LogP contribution in [0, 0.1) is 5.92 Å². The van der Waals surface area contributed by atoms with Crippen molar-refractivity contribution in [1.29, 1.82) is 0 Å². The standard InChI is InChI=1S/C16H22BrN3O2.ClH/c17-14-4-1-3-13(11-14)16(22)20-8-2-7-19-15(21)12-5-9-18-10-6-12;/h1,3-4,11-12,18H,2,5-10H2,(H,19,21)(H,20,22);1H. The second-order valence-corrected chi connectivity index (χ2v) is 6.35. The molecule has 1 aromatic carbocycles. The van der Waals surface area contributed by atoms with E-state index >= 15 is 0 Å². The molecule has 0 aliphatic carbocycles. The fourth-order valence-corrected chi connectivity index (χ4v) is 2.86. The highest BCUT2D eigenvalue weighted by Gasteiger charge is 2.20. The van der Waals surface area contributed by atoms with Crippen LogP contribution in [0.3, 0.4) is 0 Å². The third kappa shape index (κ3) is 6.89. The predicted octanol–water partition coefficient (Wildman–Crippen LogP) is 2.11. The Morgan fingerprint density at radius 2 is 1.87 bits per heavy atom. The zero-order valence-electron chi connectivity index (χ0n) is 12.9. The number of hydrogen-bond donors (Lipinski definition) is 3. The van der Waals surface area contributed by atoms with Crippen LogP contribution in [0.5, 0.6) is 0 Å². The van der Waals surface area contributed by atoms with E-state index in [9.17, 15) is 9.59 Å². The normalized spacial score (nSPS) is 14.7. The molecule has 1 saturated heterocycles. The van der Waals surface area contributed by atoms with Gasteiger partial charge in [0.1, 0.15) is 0 Å². The summed E-state index contributed by atoms with van der Waals surface area (Å²) in [4.78, 5) is 23.8. The van der Waals surface area contributed by atoms with Crippen molar-refractivity contribution < 1.29 is 9.59 Å². The molecule has 0 atom stereocenters. The molecule has 2 rings (SSSR count). The lowest BCUT2D eigenvalue weighted by atomic mass is 9.97. The number of halogens is 2. The molecular formula is C16H23BrClN3O2. The smallest absolute Gasteiger partial charge is 0.251 e. The van der Waals surface area contributed by atoms with E-state index in [0.29, 0.717) is 18.7 Å². The molecule has 23 heavy (non-hydrogen) atoms. The third-order valence-corrected chi connectivity index (χ3v) is 4.23. The van der Waals surface area contributed by atoms with E-state index in [1.54, 1.807) is 12.1 Å². The Hall–Kier alpha value is -1.11. The van der Waals surface area contributed by atoms with E-state index in [4.69, 9.17) is 0 Å². The first-order valence-electron chi connectivity index (χ1n) is 7.69. The summed E-state index contributed by atoms with van der Waals surface area (Å²) in [5.74, 6) is 0.184. The van der Waals surface area contributed by atoms with Gasteiger partial charge in [0.2, 0.25) is 5.91 Å². The second kappa shape index (κ2) is 10.6. The predicted molar refractivity (Wildman–Crippen MR) is 96.9 cm³/mol. The number of hydrogen-bond acceptors (Lipinski definition) is 3. The quantitative estimate of drug-likeness (QED) is 0.636. The van der Waals surface area contributed by atoms with Gasteiger partial charge in [-0.2, -0.15) is 0 Å². The molecule has 0 radical (unpaired) electrons. The molecule has 0 unspecified atom stereocenters. The van der Waals surface area contributed by atoms with E-state index in [0.717, 1.165) is 36.8 Å². The lowest BCUT2D eigenvalue weighted by Crippen LogP contribution is -2.39. The average molecular weight is 405 g/mol. The highest BCUT2D eigenvalue weighted by molar-refractivity contribution is 9.10. The lowest BCUT2D eigenvalue weighted by molar-refractivity contribution is -0.125. The Balaban J connectivity index is 0.00000264. The molecule has 3 N–H and O–H groups in total. The molecule has 7 heteroatoms. The van der Waals surface area contributed by atoms with E-state index in [1.807, 2.05) is 12.1 Å². The van der Waals surface area contributed by atoms with Crippen LogP contribution in [0.4, 0.5) is 0 Å². The molecule has 1 heterocycles. The first kappa shape index (κ1) is 19.9. The van der Waals surface area contributed by atoms with Crippen LogP contribution < -0.4 is 16.0 Å². The van der Waals surface area contributed by atoms with E-state index in [2.05, 4.69) is 31.9 Å². The number of carbonyl (C=O) groups is 2. The fraction of sp³-hybridized carbons (Fsp3) is 0.500. The van der Waals surface area contributed by atoms with Crippen molar-refractivity contribution in [2.24, 2.45) is 5.92 Å². The van der Waals surface area contributed by atoms with Gasteiger partial charge in [-0.15, -0.1) is 12.4 Å². The number of benzene rings is 1. The van der Waals surface area contributed by atoms with Gasteiger partial charge in [0.25, 0.3) is 5.91 Å². The number of piperidine rings is 1. The summed E-state index contributed by atoms with van der Waals surface area (Å²) in [5, 5.41) is 9.05. The number of carbonyl (C=O) groups excluding carboxylic acids is 2. The van der Waals surface area contributed by atoms with E-state index < -0.39 is 0 Å². The lowest BCUT2D eigenvalue weighted by Gasteiger charge is -2.21. The molecule has 1 aliphatic rings. The van der Waals surface area contributed by atoms with Crippen LogP contribution in [0.15, 0.2) is 28.7 Å². The highest BCUT2D eigenvalue weighted by atomic mass is 79.9. The van der Waals surface area contributed by atoms with Crippen LogP contribution in [0.25, 0.3) is 0 Å². The number of amides is 2. The second-order valence-electron chi connectivity index (χ2n) is 5.44. The summed E-state index contributed by atoms with van der Waals surface area (Å²) in [6, 6.07) is 7.28. The Morgan fingerprint density at radius 1 is 1.17 bits per heavy atom. The largest absolute Gasteiger partial charge is 0.356 e. The summed E-state index contributed by atoms with van der Waals surface area (Å²) >= 11 is 3.35. The van der Waals surface area contributed by atoms with Crippen molar-refractivity contribution >= 4 is 40.2 Å². The van der Waals surface area contributed by atoms with Crippen LogP contribution in [-0.2, 0) is 4.79 Å². The molecule has 0 saturated carbocycles. The molecule has 2 amide bonds. The molecule has 0 aromatic heterocycles. The average Bonchev–Trinajstić information content (AvgIpc) is 2.55. The van der Waals surface area contributed by atoms with Gasteiger partial charge in [0.15, 0.2) is 0 Å².